The maximum Gasteiger partial charge on any atom is 0.176 e. The van der Waals surface area contributed by atoms with E-state index < -0.39 is 0 Å². The van der Waals surface area contributed by atoms with Crippen LogP contribution in [0.3, 0.4) is 0 Å². The molecule has 0 aliphatic carbocycles. The Morgan fingerprint density at radius 1 is 1.26 bits per heavy atom. The van der Waals surface area contributed by atoms with E-state index in [1.54, 1.807) is 6.26 Å². The van der Waals surface area contributed by atoms with Crippen LogP contribution in [0.4, 0.5) is 0 Å². The fourth-order valence-electron chi connectivity index (χ4n) is 2.08. The van der Waals surface area contributed by atoms with Crippen molar-refractivity contribution in [3.63, 3.8) is 0 Å². The van der Waals surface area contributed by atoms with Gasteiger partial charge in [-0.3, -0.25) is 9.69 Å². The molecule has 0 amide bonds. The number of hydrogen-bond acceptors (Lipinski definition) is 3. The van der Waals surface area contributed by atoms with Gasteiger partial charge in [0, 0.05) is 17.7 Å². The van der Waals surface area contributed by atoms with Crippen molar-refractivity contribution in [1.29, 1.82) is 0 Å². The number of hydrogen-bond donors (Lipinski definition) is 0. The number of Topliss-reactive ketones (excluding diaryl/α,β-unsaturated/α-hetero) is 1. The van der Waals surface area contributed by atoms with Gasteiger partial charge in [-0.05, 0) is 33.0 Å². The van der Waals surface area contributed by atoms with Crippen LogP contribution in [0.5, 0.6) is 0 Å². The number of nitrogens with zero attached hydrogens (tertiary/aromatic N) is 1. The van der Waals surface area contributed by atoms with Gasteiger partial charge in [0.05, 0.1) is 12.8 Å². The fourth-order valence-corrected chi connectivity index (χ4v) is 2.08. The monoisotopic (exact) mass is 257 g/mol. The van der Waals surface area contributed by atoms with Crippen LogP contribution in [0, 0.1) is 13.8 Å². The lowest BCUT2D eigenvalue weighted by Gasteiger charge is -2.15. The molecule has 0 aliphatic rings. The van der Waals surface area contributed by atoms with Gasteiger partial charge in [-0.25, -0.2) is 0 Å². The highest BCUT2D eigenvalue weighted by atomic mass is 16.3. The lowest BCUT2D eigenvalue weighted by molar-refractivity contribution is 0.0942. The van der Waals surface area contributed by atoms with Crippen LogP contribution >= 0.6 is 0 Å². The summed E-state index contributed by atoms with van der Waals surface area (Å²) in [7, 11) is 1.94. The second kappa shape index (κ2) is 5.85. The summed E-state index contributed by atoms with van der Waals surface area (Å²) in [5.41, 5.74) is 3.01. The van der Waals surface area contributed by atoms with Crippen LogP contribution in [0.2, 0.25) is 0 Å². The molecule has 2 aromatic rings. The van der Waals surface area contributed by atoms with Crippen molar-refractivity contribution in [3.8, 4) is 0 Å². The van der Waals surface area contributed by atoms with E-state index in [1.165, 1.54) is 0 Å². The van der Waals surface area contributed by atoms with Crippen molar-refractivity contribution in [2.24, 2.45) is 0 Å². The molecule has 0 radical (unpaired) electrons. The minimum atomic E-state index is 0.146. The topological polar surface area (TPSA) is 33.5 Å². The summed E-state index contributed by atoms with van der Waals surface area (Å²) >= 11 is 0. The second-order valence-electron chi connectivity index (χ2n) is 4.97. The fraction of sp³-hybridized carbons (Fsp3) is 0.312. The van der Waals surface area contributed by atoms with E-state index in [0.29, 0.717) is 6.54 Å². The maximum absolute atomic E-state index is 12.2. The number of ketones is 1. The Labute approximate surface area is 113 Å². The number of furan rings is 1. The van der Waals surface area contributed by atoms with Crippen LogP contribution < -0.4 is 0 Å². The first-order valence-corrected chi connectivity index (χ1v) is 6.37. The van der Waals surface area contributed by atoms with Crippen LogP contribution in [-0.2, 0) is 6.54 Å². The Balaban J connectivity index is 1.97. The van der Waals surface area contributed by atoms with E-state index in [9.17, 15) is 4.79 Å². The molecule has 0 fully saturated rings. The number of likely N-dealkylation sites (N-methyl/N-ethyl adjacent to an activating group) is 1. The SMILES string of the molecule is Cc1cccc(C(=O)CN(C)Cc2ccoc2C)c1. The number of rotatable bonds is 5. The standard InChI is InChI=1S/C16H19NO2/c1-12-5-4-6-14(9-12)16(18)11-17(3)10-15-7-8-19-13(15)2/h4-9H,10-11H2,1-3H3. The molecule has 0 N–H and O–H groups in total. The van der Waals surface area contributed by atoms with Crippen molar-refractivity contribution < 1.29 is 9.21 Å². The van der Waals surface area contributed by atoms with Gasteiger partial charge in [0.1, 0.15) is 5.76 Å². The Morgan fingerprint density at radius 2 is 2.05 bits per heavy atom. The second-order valence-corrected chi connectivity index (χ2v) is 4.97. The predicted octanol–water partition coefficient (Wildman–Crippen LogP) is 3.21. The third kappa shape index (κ3) is 3.55. The third-order valence-electron chi connectivity index (χ3n) is 3.16. The van der Waals surface area contributed by atoms with E-state index in [2.05, 4.69) is 0 Å². The number of carbonyl (C=O) groups excluding carboxylic acids is 1. The highest BCUT2D eigenvalue weighted by Gasteiger charge is 2.11. The molecule has 3 heteroatoms. The molecule has 100 valence electrons. The lowest BCUT2D eigenvalue weighted by Crippen LogP contribution is -2.25. The van der Waals surface area contributed by atoms with Crippen molar-refractivity contribution in [2.75, 3.05) is 13.6 Å². The van der Waals surface area contributed by atoms with E-state index in [4.69, 9.17) is 4.42 Å². The molecule has 1 heterocycles. The van der Waals surface area contributed by atoms with E-state index in [0.717, 1.165) is 29.0 Å². The summed E-state index contributed by atoms with van der Waals surface area (Å²) in [6.07, 6.45) is 1.68. The van der Waals surface area contributed by atoms with Crippen molar-refractivity contribution >= 4 is 5.78 Å². The van der Waals surface area contributed by atoms with Gasteiger partial charge >= 0.3 is 0 Å². The molecule has 0 saturated heterocycles. The molecule has 2 rings (SSSR count). The molecule has 0 atom stereocenters. The van der Waals surface area contributed by atoms with Gasteiger partial charge in [0.2, 0.25) is 0 Å². The van der Waals surface area contributed by atoms with Crippen LogP contribution in [0.15, 0.2) is 41.0 Å². The Bertz CT molecular complexity index is 572. The number of benzene rings is 1. The Morgan fingerprint density at radius 3 is 2.68 bits per heavy atom. The van der Waals surface area contributed by atoms with Crippen molar-refractivity contribution in [3.05, 3.63) is 59.0 Å². The first kappa shape index (κ1) is 13.6. The number of aryl methyl sites for hydroxylation is 2. The van der Waals surface area contributed by atoms with Crippen LogP contribution in [0.25, 0.3) is 0 Å². The lowest BCUT2D eigenvalue weighted by atomic mass is 10.1. The summed E-state index contributed by atoms with van der Waals surface area (Å²) in [5, 5.41) is 0. The molecule has 3 nitrogen and oxygen atoms in total. The van der Waals surface area contributed by atoms with Gasteiger partial charge < -0.3 is 4.42 Å². The molecule has 0 saturated carbocycles. The zero-order valence-electron chi connectivity index (χ0n) is 11.6. The van der Waals surface area contributed by atoms with Crippen LogP contribution in [-0.4, -0.2) is 24.3 Å². The first-order valence-electron chi connectivity index (χ1n) is 6.37. The average Bonchev–Trinajstić information content (AvgIpc) is 2.75. The van der Waals surface area contributed by atoms with E-state index in [-0.39, 0.29) is 5.78 Å². The quantitative estimate of drug-likeness (QED) is 0.771. The molecule has 0 aliphatic heterocycles. The zero-order valence-corrected chi connectivity index (χ0v) is 11.6. The average molecular weight is 257 g/mol. The smallest absolute Gasteiger partial charge is 0.176 e. The summed E-state index contributed by atoms with van der Waals surface area (Å²) in [5.74, 6) is 1.06. The maximum atomic E-state index is 12.2. The number of carbonyl (C=O) groups is 1. The van der Waals surface area contributed by atoms with Crippen LogP contribution in [0.1, 0.15) is 27.2 Å². The Hall–Kier alpha value is -1.87. The van der Waals surface area contributed by atoms with E-state index in [1.807, 2.05) is 56.1 Å². The molecule has 0 unspecified atom stereocenters. The molecule has 0 bridgehead atoms. The first-order chi connectivity index (χ1) is 9.06. The van der Waals surface area contributed by atoms with Gasteiger partial charge in [-0.1, -0.05) is 23.8 Å². The third-order valence-corrected chi connectivity index (χ3v) is 3.16. The van der Waals surface area contributed by atoms with Gasteiger partial charge in [0.15, 0.2) is 5.78 Å². The van der Waals surface area contributed by atoms with Crippen molar-refractivity contribution in [2.45, 2.75) is 20.4 Å². The van der Waals surface area contributed by atoms with Gasteiger partial charge in [-0.15, -0.1) is 0 Å². The van der Waals surface area contributed by atoms with Crippen molar-refractivity contribution in [1.82, 2.24) is 4.90 Å². The van der Waals surface area contributed by atoms with Gasteiger partial charge in [-0.2, -0.15) is 0 Å². The normalized spacial score (nSPS) is 10.9. The summed E-state index contributed by atoms with van der Waals surface area (Å²) in [6.45, 7) is 5.06. The predicted molar refractivity (Wildman–Crippen MR) is 75.3 cm³/mol. The molecular formula is C16H19NO2. The van der Waals surface area contributed by atoms with Gasteiger partial charge in [0.25, 0.3) is 0 Å². The minimum absolute atomic E-state index is 0.146. The largest absolute Gasteiger partial charge is 0.469 e. The molecular weight excluding hydrogens is 238 g/mol. The molecule has 1 aromatic carbocycles. The highest BCUT2D eigenvalue weighted by Crippen LogP contribution is 2.12. The zero-order chi connectivity index (χ0) is 13.8. The summed E-state index contributed by atoms with van der Waals surface area (Å²) in [6, 6.07) is 9.66. The van der Waals surface area contributed by atoms with E-state index >= 15 is 0 Å². The summed E-state index contributed by atoms with van der Waals surface area (Å²) in [4.78, 5) is 14.2. The summed E-state index contributed by atoms with van der Waals surface area (Å²) < 4.78 is 5.26. The highest BCUT2D eigenvalue weighted by molar-refractivity contribution is 5.97. The molecule has 1 aromatic heterocycles. The Kier molecular flexibility index (Phi) is 4.17. The molecule has 0 spiro atoms. The minimum Gasteiger partial charge on any atom is -0.469 e. The molecule has 19 heavy (non-hydrogen) atoms.